The van der Waals surface area contributed by atoms with E-state index in [0.717, 1.165) is 49.3 Å². The fourth-order valence-corrected chi connectivity index (χ4v) is 6.10. The Labute approximate surface area is 202 Å². The third-order valence-electron chi connectivity index (χ3n) is 7.50. The lowest BCUT2D eigenvalue weighted by molar-refractivity contribution is -0.0332. The Bertz CT molecular complexity index is 1140. The van der Waals surface area contributed by atoms with Crippen LogP contribution in [-0.2, 0) is 13.0 Å². The summed E-state index contributed by atoms with van der Waals surface area (Å²) in [5.41, 5.74) is 4.40. The van der Waals surface area contributed by atoms with E-state index in [1.807, 2.05) is 24.3 Å². The van der Waals surface area contributed by atoms with E-state index in [9.17, 15) is 5.11 Å². The summed E-state index contributed by atoms with van der Waals surface area (Å²) in [6.45, 7) is 10.1. The Morgan fingerprint density at radius 3 is 2.35 bits per heavy atom. The van der Waals surface area contributed by atoms with E-state index in [1.54, 1.807) is 6.07 Å². The van der Waals surface area contributed by atoms with E-state index in [1.165, 1.54) is 18.5 Å². The zero-order valence-electron chi connectivity index (χ0n) is 21.0. The third-order valence-corrected chi connectivity index (χ3v) is 7.50. The topological polar surface area (TPSA) is 70.3 Å². The highest BCUT2D eigenvalue weighted by molar-refractivity contribution is 5.84. The normalized spacial score (nSPS) is 19.6. The molecule has 0 saturated carbocycles. The number of hydrogen-bond donors (Lipinski definition) is 1. The minimum atomic E-state index is 0.0297. The molecule has 1 saturated heterocycles. The lowest BCUT2D eigenvalue weighted by atomic mass is 9.81. The van der Waals surface area contributed by atoms with E-state index < -0.39 is 0 Å². The first kappa shape index (κ1) is 22.8. The average Bonchev–Trinajstić information content (AvgIpc) is 3.22. The minimum absolute atomic E-state index is 0.0297. The van der Waals surface area contributed by atoms with Gasteiger partial charge < -0.3 is 5.11 Å². The van der Waals surface area contributed by atoms with Gasteiger partial charge in [0.2, 0.25) is 0 Å². The van der Waals surface area contributed by atoms with Crippen LogP contribution in [-0.4, -0.2) is 48.2 Å². The quantitative estimate of drug-likeness (QED) is 0.559. The number of hydrogen-bond acceptors (Lipinski definition) is 6. The zero-order chi connectivity index (χ0) is 24.1. The molecule has 2 aliphatic heterocycles. The van der Waals surface area contributed by atoms with Crippen molar-refractivity contribution in [1.82, 2.24) is 25.0 Å². The number of anilines is 1. The molecule has 2 aliphatic rings. The number of aromatic hydroxyl groups is 1. The number of aromatic nitrogens is 4. The van der Waals surface area contributed by atoms with Crippen molar-refractivity contribution < 1.29 is 5.11 Å². The minimum Gasteiger partial charge on any atom is -0.507 e. The fourth-order valence-electron chi connectivity index (χ4n) is 6.10. The van der Waals surface area contributed by atoms with Crippen LogP contribution in [0.2, 0.25) is 0 Å². The number of nitrogens with zero attached hydrogens (tertiary/aromatic N) is 6. The summed E-state index contributed by atoms with van der Waals surface area (Å²) in [5.74, 6) is 0.985. The van der Waals surface area contributed by atoms with Crippen molar-refractivity contribution in [1.29, 1.82) is 0 Å². The van der Waals surface area contributed by atoms with Gasteiger partial charge in [0.05, 0.1) is 17.0 Å². The van der Waals surface area contributed by atoms with Crippen LogP contribution in [0.4, 0.5) is 5.82 Å². The van der Waals surface area contributed by atoms with Gasteiger partial charge in [0.25, 0.3) is 0 Å². The Balaban J connectivity index is 1.49. The van der Waals surface area contributed by atoms with Gasteiger partial charge in [-0.25, -0.2) is 5.01 Å². The summed E-state index contributed by atoms with van der Waals surface area (Å²) in [6.07, 6.45) is 6.91. The molecule has 0 bridgehead atoms. The number of benzene rings is 1. The maximum absolute atomic E-state index is 10.8. The molecule has 2 aromatic heterocycles. The lowest BCUT2D eigenvalue weighted by Gasteiger charge is -2.56. The number of aryl methyl sites for hydroxylation is 2. The molecule has 1 N–H and O–H groups in total. The molecular weight excluding hydrogens is 424 g/mol. The highest BCUT2D eigenvalue weighted by Crippen LogP contribution is 2.41. The summed E-state index contributed by atoms with van der Waals surface area (Å²) >= 11 is 0. The van der Waals surface area contributed by atoms with Gasteiger partial charge >= 0.3 is 0 Å². The average molecular weight is 461 g/mol. The van der Waals surface area contributed by atoms with Gasteiger partial charge in [0.1, 0.15) is 5.75 Å². The largest absolute Gasteiger partial charge is 0.507 e. The Morgan fingerprint density at radius 2 is 1.68 bits per heavy atom. The number of fused-ring (bicyclic) bond motifs is 1. The van der Waals surface area contributed by atoms with Crippen molar-refractivity contribution in [2.24, 2.45) is 0 Å². The van der Waals surface area contributed by atoms with Crippen LogP contribution in [0, 0.1) is 0 Å². The third kappa shape index (κ3) is 3.96. The first-order chi connectivity index (χ1) is 16.2. The van der Waals surface area contributed by atoms with Crippen LogP contribution in [0.5, 0.6) is 5.75 Å². The zero-order valence-corrected chi connectivity index (χ0v) is 21.0. The van der Waals surface area contributed by atoms with Gasteiger partial charge in [0, 0.05) is 35.9 Å². The SMILES string of the molecule is CN(c1ccc(-c2c(O)cccc2-c2cc3n(n2)CCCC3)nn1)N1C(C)(C)CCCC1(C)C. The molecule has 4 heterocycles. The van der Waals surface area contributed by atoms with Crippen molar-refractivity contribution >= 4 is 5.82 Å². The standard InChI is InChI=1S/C27H36N6O/c1-26(2)15-9-16-27(3,4)33(26)31(5)24-14-13-21(28-29-24)25-20(11-8-12-23(25)34)22-18-19-10-6-7-17-32(19)30-22/h8,11-14,18,34H,6-7,9-10,15-17H2,1-5H3. The maximum Gasteiger partial charge on any atom is 0.165 e. The number of rotatable bonds is 4. The second-order valence-electron chi connectivity index (χ2n) is 11.0. The van der Waals surface area contributed by atoms with Gasteiger partial charge in [-0.1, -0.05) is 12.1 Å². The second-order valence-corrected chi connectivity index (χ2v) is 11.0. The Hall–Kier alpha value is -2.93. The molecule has 3 aromatic rings. The van der Waals surface area contributed by atoms with E-state index in [-0.39, 0.29) is 16.8 Å². The van der Waals surface area contributed by atoms with Crippen molar-refractivity contribution in [3.63, 3.8) is 0 Å². The number of piperidine rings is 1. The van der Waals surface area contributed by atoms with Crippen molar-refractivity contribution in [2.75, 3.05) is 12.1 Å². The molecule has 180 valence electrons. The van der Waals surface area contributed by atoms with Gasteiger partial charge in [-0.05, 0) is 90.5 Å². The Kier molecular flexibility index (Phi) is 5.63. The highest BCUT2D eigenvalue weighted by Gasteiger charge is 2.44. The monoisotopic (exact) mass is 460 g/mol. The van der Waals surface area contributed by atoms with Crippen LogP contribution < -0.4 is 5.01 Å². The molecule has 34 heavy (non-hydrogen) atoms. The molecule has 0 radical (unpaired) electrons. The smallest absolute Gasteiger partial charge is 0.165 e. The molecular formula is C27H36N6O. The van der Waals surface area contributed by atoms with Crippen LogP contribution >= 0.6 is 0 Å². The first-order valence-corrected chi connectivity index (χ1v) is 12.4. The van der Waals surface area contributed by atoms with Gasteiger partial charge in [0.15, 0.2) is 5.82 Å². The van der Waals surface area contributed by atoms with E-state index in [2.05, 4.69) is 65.7 Å². The van der Waals surface area contributed by atoms with Crippen molar-refractivity contribution in [3.05, 3.63) is 42.1 Å². The van der Waals surface area contributed by atoms with Crippen molar-refractivity contribution in [3.8, 4) is 28.3 Å². The molecule has 0 amide bonds. The molecule has 0 atom stereocenters. The predicted molar refractivity (Wildman–Crippen MR) is 136 cm³/mol. The van der Waals surface area contributed by atoms with Crippen molar-refractivity contribution in [2.45, 2.75) is 83.8 Å². The van der Waals surface area contributed by atoms with Crippen LogP contribution in [0.1, 0.15) is 65.5 Å². The number of hydrazine groups is 1. The Morgan fingerprint density at radius 1 is 0.912 bits per heavy atom. The first-order valence-electron chi connectivity index (χ1n) is 12.4. The fraction of sp³-hybridized carbons (Fsp3) is 0.519. The summed E-state index contributed by atoms with van der Waals surface area (Å²) in [4.78, 5) is 0. The highest BCUT2D eigenvalue weighted by atomic mass is 16.3. The molecule has 0 spiro atoms. The number of phenolic OH excluding ortho intramolecular Hbond substituents is 1. The summed E-state index contributed by atoms with van der Waals surface area (Å²) in [7, 11) is 2.07. The second kappa shape index (κ2) is 8.38. The molecule has 7 heteroatoms. The molecule has 0 aliphatic carbocycles. The van der Waals surface area contributed by atoms with E-state index in [0.29, 0.717) is 11.3 Å². The molecule has 7 nitrogen and oxygen atoms in total. The van der Waals surface area contributed by atoms with Crippen LogP contribution in [0.3, 0.4) is 0 Å². The summed E-state index contributed by atoms with van der Waals surface area (Å²) < 4.78 is 2.10. The van der Waals surface area contributed by atoms with Crippen LogP contribution in [0.25, 0.3) is 22.5 Å². The van der Waals surface area contributed by atoms with Gasteiger partial charge in [-0.15, -0.1) is 10.2 Å². The predicted octanol–water partition coefficient (Wildman–Crippen LogP) is 5.44. The number of phenols is 1. The lowest BCUT2D eigenvalue weighted by Crippen LogP contribution is -2.64. The van der Waals surface area contributed by atoms with Crippen LogP contribution in [0.15, 0.2) is 36.4 Å². The maximum atomic E-state index is 10.8. The molecule has 0 unspecified atom stereocenters. The summed E-state index contributed by atoms with van der Waals surface area (Å²) in [6, 6.07) is 11.7. The van der Waals surface area contributed by atoms with Gasteiger partial charge in [-0.3, -0.25) is 9.69 Å². The van der Waals surface area contributed by atoms with Gasteiger partial charge in [-0.2, -0.15) is 5.10 Å². The summed E-state index contributed by atoms with van der Waals surface area (Å²) in [5, 5.41) is 29.4. The molecule has 5 rings (SSSR count). The molecule has 1 aromatic carbocycles. The molecule has 1 fully saturated rings. The van der Waals surface area contributed by atoms with E-state index in [4.69, 9.17) is 5.10 Å². The van der Waals surface area contributed by atoms with E-state index >= 15 is 0 Å².